The van der Waals surface area contributed by atoms with E-state index in [4.69, 9.17) is 5.73 Å². The van der Waals surface area contributed by atoms with Crippen LogP contribution in [0.3, 0.4) is 0 Å². The molecule has 1 aromatic carbocycles. The van der Waals surface area contributed by atoms with Crippen molar-refractivity contribution in [1.29, 1.82) is 0 Å². The zero-order chi connectivity index (χ0) is 10.6. The highest BCUT2D eigenvalue weighted by atomic mass is 19.1. The molecule has 1 rings (SSSR count). The lowest BCUT2D eigenvalue weighted by Crippen LogP contribution is -2.11. The summed E-state index contributed by atoms with van der Waals surface area (Å²) in [5.74, 6) is 5.43. The molecule has 0 bridgehead atoms. The molecule has 0 amide bonds. The van der Waals surface area contributed by atoms with E-state index in [0.717, 1.165) is 11.1 Å². The quantitative estimate of drug-likeness (QED) is 0.714. The van der Waals surface area contributed by atoms with Crippen molar-refractivity contribution in [2.75, 3.05) is 0 Å². The zero-order valence-corrected chi connectivity index (χ0v) is 8.47. The van der Waals surface area contributed by atoms with Gasteiger partial charge in [0.1, 0.15) is 5.82 Å². The fourth-order valence-corrected chi connectivity index (χ4v) is 1.33. The van der Waals surface area contributed by atoms with E-state index in [2.05, 4.69) is 11.8 Å². The van der Waals surface area contributed by atoms with Crippen LogP contribution < -0.4 is 5.73 Å². The van der Waals surface area contributed by atoms with E-state index in [9.17, 15) is 4.39 Å². The average molecular weight is 191 g/mol. The van der Waals surface area contributed by atoms with Gasteiger partial charge < -0.3 is 5.73 Å². The maximum Gasteiger partial charge on any atom is 0.123 e. The first-order chi connectivity index (χ1) is 6.65. The van der Waals surface area contributed by atoms with Gasteiger partial charge in [0.2, 0.25) is 0 Å². The van der Waals surface area contributed by atoms with E-state index in [1.54, 1.807) is 13.0 Å². The zero-order valence-electron chi connectivity index (χ0n) is 8.47. The molecule has 2 heteroatoms. The SMILES string of the molecule is CC#CCC(N)c1cc(F)ccc1C. The Balaban J connectivity index is 2.91. The molecule has 0 spiro atoms. The molecule has 1 atom stereocenters. The number of aryl methyl sites for hydroxylation is 1. The van der Waals surface area contributed by atoms with Crippen molar-refractivity contribution in [1.82, 2.24) is 0 Å². The lowest BCUT2D eigenvalue weighted by atomic mass is 9.99. The van der Waals surface area contributed by atoms with Gasteiger partial charge in [-0.1, -0.05) is 6.07 Å². The fourth-order valence-electron chi connectivity index (χ4n) is 1.33. The highest BCUT2D eigenvalue weighted by Gasteiger charge is 2.08. The first-order valence-corrected chi connectivity index (χ1v) is 4.56. The molecule has 1 aromatic rings. The Morgan fingerprint density at radius 1 is 1.50 bits per heavy atom. The lowest BCUT2D eigenvalue weighted by Gasteiger charge is -2.11. The molecular formula is C12H14FN. The van der Waals surface area contributed by atoms with Crippen LogP contribution in [0.5, 0.6) is 0 Å². The summed E-state index contributed by atoms with van der Waals surface area (Å²) in [5, 5.41) is 0. The van der Waals surface area contributed by atoms with Crippen molar-refractivity contribution < 1.29 is 4.39 Å². The maximum absolute atomic E-state index is 12.9. The Morgan fingerprint density at radius 2 is 2.21 bits per heavy atom. The second-order valence-electron chi connectivity index (χ2n) is 3.24. The number of benzene rings is 1. The number of halogens is 1. The second kappa shape index (κ2) is 4.78. The molecule has 0 radical (unpaired) electrons. The van der Waals surface area contributed by atoms with Gasteiger partial charge in [-0.2, -0.15) is 0 Å². The van der Waals surface area contributed by atoms with Crippen LogP contribution in [0.4, 0.5) is 4.39 Å². The Hall–Kier alpha value is -1.33. The van der Waals surface area contributed by atoms with Crippen molar-refractivity contribution in [3.63, 3.8) is 0 Å². The highest BCUT2D eigenvalue weighted by Crippen LogP contribution is 2.19. The Morgan fingerprint density at radius 3 is 2.86 bits per heavy atom. The number of hydrogen-bond acceptors (Lipinski definition) is 1. The van der Waals surface area contributed by atoms with Crippen LogP contribution >= 0.6 is 0 Å². The van der Waals surface area contributed by atoms with Crippen molar-refractivity contribution in [3.8, 4) is 11.8 Å². The van der Waals surface area contributed by atoms with E-state index < -0.39 is 0 Å². The summed E-state index contributed by atoms with van der Waals surface area (Å²) in [6, 6.07) is 4.47. The van der Waals surface area contributed by atoms with E-state index in [1.165, 1.54) is 12.1 Å². The van der Waals surface area contributed by atoms with Gasteiger partial charge >= 0.3 is 0 Å². The van der Waals surface area contributed by atoms with Gasteiger partial charge in [0.25, 0.3) is 0 Å². The molecule has 0 heterocycles. The van der Waals surface area contributed by atoms with E-state index >= 15 is 0 Å². The van der Waals surface area contributed by atoms with Crippen LogP contribution in [-0.2, 0) is 0 Å². The van der Waals surface area contributed by atoms with Crippen molar-refractivity contribution in [2.24, 2.45) is 5.73 Å². The van der Waals surface area contributed by atoms with Gasteiger partial charge in [-0.3, -0.25) is 0 Å². The third kappa shape index (κ3) is 2.58. The molecule has 2 N–H and O–H groups in total. The van der Waals surface area contributed by atoms with Crippen molar-refractivity contribution >= 4 is 0 Å². The Kier molecular flexibility index (Phi) is 3.67. The molecule has 0 aliphatic carbocycles. The summed E-state index contributed by atoms with van der Waals surface area (Å²) in [5.41, 5.74) is 7.73. The molecule has 74 valence electrons. The van der Waals surface area contributed by atoms with Gasteiger partial charge in [0.05, 0.1) is 0 Å². The van der Waals surface area contributed by atoms with E-state index in [1.807, 2.05) is 6.92 Å². The molecule has 14 heavy (non-hydrogen) atoms. The summed E-state index contributed by atoms with van der Waals surface area (Å²) >= 11 is 0. The highest BCUT2D eigenvalue weighted by molar-refractivity contribution is 5.30. The van der Waals surface area contributed by atoms with Crippen LogP contribution in [-0.4, -0.2) is 0 Å². The number of hydrogen-bond donors (Lipinski definition) is 1. The summed E-state index contributed by atoms with van der Waals surface area (Å²) < 4.78 is 12.9. The summed E-state index contributed by atoms with van der Waals surface area (Å²) in [4.78, 5) is 0. The van der Waals surface area contributed by atoms with Gasteiger partial charge in [-0.25, -0.2) is 4.39 Å². The van der Waals surface area contributed by atoms with Crippen LogP contribution in [0.25, 0.3) is 0 Å². The average Bonchev–Trinajstić information content (AvgIpc) is 2.18. The number of nitrogens with two attached hydrogens (primary N) is 1. The van der Waals surface area contributed by atoms with Gasteiger partial charge in [0.15, 0.2) is 0 Å². The topological polar surface area (TPSA) is 26.0 Å². The monoisotopic (exact) mass is 191 g/mol. The van der Waals surface area contributed by atoms with Crippen LogP contribution in [0.15, 0.2) is 18.2 Å². The van der Waals surface area contributed by atoms with Crippen molar-refractivity contribution in [2.45, 2.75) is 26.3 Å². The molecule has 0 aliphatic heterocycles. The van der Waals surface area contributed by atoms with Gasteiger partial charge in [-0.15, -0.1) is 11.8 Å². The van der Waals surface area contributed by atoms with Gasteiger partial charge in [0, 0.05) is 12.5 Å². The second-order valence-corrected chi connectivity index (χ2v) is 3.24. The predicted molar refractivity (Wildman–Crippen MR) is 56.1 cm³/mol. The molecular weight excluding hydrogens is 177 g/mol. The predicted octanol–water partition coefficient (Wildman–Crippen LogP) is 2.55. The summed E-state index contributed by atoms with van der Waals surface area (Å²) in [6.45, 7) is 3.69. The minimum Gasteiger partial charge on any atom is -0.323 e. The van der Waals surface area contributed by atoms with E-state index in [-0.39, 0.29) is 11.9 Å². The van der Waals surface area contributed by atoms with Crippen LogP contribution in [0.1, 0.15) is 30.5 Å². The molecule has 0 saturated carbocycles. The molecule has 0 aromatic heterocycles. The molecule has 0 saturated heterocycles. The Bertz CT molecular complexity index is 374. The van der Waals surface area contributed by atoms with Crippen LogP contribution in [0, 0.1) is 24.6 Å². The fraction of sp³-hybridized carbons (Fsp3) is 0.333. The third-order valence-corrected chi connectivity index (χ3v) is 2.14. The van der Waals surface area contributed by atoms with E-state index in [0.29, 0.717) is 6.42 Å². The Labute approximate surface area is 84.1 Å². The number of rotatable bonds is 2. The normalized spacial score (nSPS) is 11.7. The van der Waals surface area contributed by atoms with Crippen molar-refractivity contribution in [3.05, 3.63) is 35.1 Å². The minimum atomic E-state index is -0.245. The summed E-state index contributed by atoms with van der Waals surface area (Å²) in [6.07, 6.45) is 0.570. The summed E-state index contributed by atoms with van der Waals surface area (Å²) in [7, 11) is 0. The minimum absolute atomic E-state index is 0.196. The molecule has 0 aliphatic rings. The smallest absolute Gasteiger partial charge is 0.123 e. The molecule has 1 nitrogen and oxygen atoms in total. The van der Waals surface area contributed by atoms with Gasteiger partial charge in [-0.05, 0) is 37.1 Å². The largest absolute Gasteiger partial charge is 0.323 e. The first-order valence-electron chi connectivity index (χ1n) is 4.56. The lowest BCUT2D eigenvalue weighted by molar-refractivity contribution is 0.619. The standard InChI is InChI=1S/C12H14FN/c1-3-4-5-12(14)11-8-10(13)7-6-9(11)2/h6-8,12H,5,14H2,1-2H3. The molecule has 1 unspecified atom stereocenters. The third-order valence-electron chi connectivity index (χ3n) is 2.14. The first kappa shape index (κ1) is 10.7. The maximum atomic E-state index is 12.9. The molecule has 0 fully saturated rings. The van der Waals surface area contributed by atoms with Crippen LogP contribution in [0.2, 0.25) is 0 Å².